The number of anilines is 2. The number of nitrogens with one attached hydrogen (secondary N) is 1. The lowest BCUT2D eigenvalue weighted by molar-refractivity contribution is 0.103. The molecule has 1 N–H and O–H groups in total. The molecular formula is C22H26N4O2S. The zero-order valence-corrected chi connectivity index (χ0v) is 17.7. The van der Waals surface area contributed by atoms with Crippen LogP contribution in [0.4, 0.5) is 11.4 Å². The van der Waals surface area contributed by atoms with Gasteiger partial charge in [-0.1, -0.05) is 13.3 Å². The number of carbonyl (C=O) groups excluding carboxylic acids is 1. The molecule has 1 fully saturated rings. The van der Waals surface area contributed by atoms with Crippen LogP contribution in [0, 0.1) is 6.92 Å². The van der Waals surface area contributed by atoms with Gasteiger partial charge in [-0.2, -0.15) is 0 Å². The molecule has 0 saturated carbocycles. The third kappa shape index (κ3) is 3.92. The number of hydrogen-bond acceptors (Lipinski definition) is 5. The maximum absolute atomic E-state index is 12.9. The summed E-state index contributed by atoms with van der Waals surface area (Å²) in [7, 11) is 0. The normalized spacial score (nSPS) is 13.9. The molecule has 6 nitrogen and oxygen atoms in total. The predicted octanol–water partition coefficient (Wildman–Crippen LogP) is 4.42. The Hall–Kier alpha value is -2.67. The van der Waals surface area contributed by atoms with Gasteiger partial charge in [-0.15, -0.1) is 11.3 Å². The fourth-order valence-electron chi connectivity index (χ4n) is 3.78. The van der Waals surface area contributed by atoms with E-state index in [4.69, 9.17) is 0 Å². The summed E-state index contributed by atoms with van der Waals surface area (Å²) >= 11 is 1.28. The molecule has 1 saturated heterocycles. The molecule has 3 aromatic rings. The highest BCUT2D eigenvalue weighted by molar-refractivity contribution is 7.20. The summed E-state index contributed by atoms with van der Waals surface area (Å²) in [5, 5.41) is 3.52. The summed E-state index contributed by atoms with van der Waals surface area (Å²) in [5.41, 5.74) is 2.59. The molecule has 1 aliphatic rings. The lowest BCUT2D eigenvalue weighted by Crippen LogP contribution is -2.20. The Morgan fingerprint density at radius 3 is 2.62 bits per heavy atom. The number of amides is 1. The number of benzene rings is 1. The molecule has 0 unspecified atom stereocenters. The van der Waals surface area contributed by atoms with Crippen molar-refractivity contribution in [2.75, 3.05) is 23.3 Å². The van der Waals surface area contributed by atoms with E-state index in [0.29, 0.717) is 27.2 Å². The van der Waals surface area contributed by atoms with Crippen molar-refractivity contribution in [1.82, 2.24) is 9.55 Å². The average molecular weight is 411 g/mol. The van der Waals surface area contributed by atoms with Crippen molar-refractivity contribution in [3.63, 3.8) is 0 Å². The maximum atomic E-state index is 12.9. The van der Waals surface area contributed by atoms with Gasteiger partial charge in [-0.05, 0) is 56.0 Å². The minimum Gasteiger partial charge on any atom is -0.372 e. The molecule has 1 aromatic carbocycles. The maximum Gasteiger partial charge on any atom is 0.266 e. The minimum atomic E-state index is -0.195. The zero-order valence-electron chi connectivity index (χ0n) is 16.9. The van der Waals surface area contributed by atoms with Crippen molar-refractivity contribution < 1.29 is 4.79 Å². The number of nitrogens with zero attached hydrogens (tertiary/aromatic N) is 3. The highest BCUT2D eigenvalue weighted by Gasteiger charge is 2.20. The fourth-order valence-corrected chi connectivity index (χ4v) is 4.82. The van der Waals surface area contributed by atoms with Gasteiger partial charge in [0.05, 0.1) is 16.6 Å². The second-order valence-electron chi connectivity index (χ2n) is 7.53. The Balaban J connectivity index is 1.56. The van der Waals surface area contributed by atoms with E-state index in [2.05, 4.69) is 22.1 Å². The number of aryl methyl sites for hydroxylation is 2. The summed E-state index contributed by atoms with van der Waals surface area (Å²) in [5.74, 6) is -0.195. The number of unbranched alkanes of at least 4 members (excludes halogenated alkanes) is 1. The van der Waals surface area contributed by atoms with E-state index < -0.39 is 0 Å². The van der Waals surface area contributed by atoms with Crippen LogP contribution in [0.25, 0.3) is 10.2 Å². The summed E-state index contributed by atoms with van der Waals surface area (Å²) in [4.78, 5) is 33.6. The number of rotatable bonds is 6. The molecule has 1 amide bonds. The molecule has 0 atom stereocenters. The molecule has 3 heterocycles. The summed E-state index contributed by atoms with van der Waals surface area (Å²) in [6, 6.07) is 7.97. The molecule has 2 aromatic heterocycles. The first-order valence-electron chi connectivity index (χ1n) is 10.2. The zero-order chi connectivity index (χ0) is 20.4. The van der Waals surface area contributed by atoms with Crippen molar-refractivity contribution in [2.45, 2.75) is 46.1 Å². The van der Waals surface area contributed by atoms with Gasteiger partial charge >= 0.3 is 0 Å². The van der Waals surface area contributed by atoms with Gasteiger partial charge in [0.25, 0.3) is 11.5 Å². The molecule has 29 heavy (non-hydrogen) atoms. The lowest BCUT2D eigenvalue weighted by atomic mass is 10.2. The Morgan fingerprint density at radius 2 is 1.93 bits per heavy atom. The van der Waals surface area contributed by atoms with Gasteiger partial charge in [-0.25, -0.2) is 4.98 Å². The summed E-state index contributed by atoms with van der Waals surface area (Å²) in [6.45, 7) is 6.76. The van der Waals surface area contributed by atoms with Crippen molar-refractivity contribution in [3.05, 3.63) is 51.4 Å². The van der Waals surface area contributed by atoms with E-state index >= 15 is 0 Å². The van der Waals surface area contributed by atoms with Gasteiger partial charge in [0.1, 0.15) is 4.83 Å². The van der Waals surface area contributed by atoms with Crippen LogP contribution in [0.2, 0.25) is 0 Å². The van der Waals surface area contributed by atoms with Crippen LogP contribution >= 0.6 is 11.3 Å². The standard InChI is InChI=1S/C22H26N4O2S/c1-3-4-11-26-14-23-21-18(22(26)28)15(2)19(29-21)20(27)24-16-7-9-17(10-8-16)25-12-5-6-13-25/h7-10,14H,3-6,11-13H2,1-2H3,(H,24,27). The molecule has 1 aliphatic heterocycles. The van der Waals surface area contributed by atoms with Gasteiger partial charge in [-0.3, -0.25) is 14.2 Å². The number of carbonyl (C=O) groups is 1. The van der Waals surface area contributed by atoms with Crippen LogP contribution in [0.1, 0.15) is 47.8 Å². The van der Waals surface area contributed by atoms with Gasteiger partial charge in [0.2, 0.25) is 0 Å². The largest absolute Gasteiger partial charge is 0.372 e. The predicted molar refractivity (Wildman–Crippen MR) is 119 cm³/mol. The highest BCUT2D eigenvalue weighted by atomic mass is 32.1. The summed E-state index contributed by atoms with van der Waals surface area (Å²) in [6.07, 6.45) is 6.00. The highest BCUT2D eigenvalue weighted by Crippen LogP contribution is 2.28. The molecule has 0 bridgehead atoms. The van der Waals surface area contributed by atoms with E-state index in [0.717, 1.165) is 31.6 Å². The number of thiophene rings is 1. The average Bonchev–Trinajstić information content (AvgIpc) is 3.37. The van der Waals surface area contributed by atoms with Crippen LogP contribution in [-0.4, -0.2) is 28.5 Å². The SMILES string of the molecule is CCCCn1cnc2sc(C(=O)Nc3ccc(N4CCCC4)cc3)c(C)c2c1=O. The smallest absolute Gasteiger partial charge is 0.266 e. The van der Waals surface area contributed by atoms with Crippen molar-refractivity contribution in [3.8, 4) is 0 Å². The van der Waals surface area contributed by atoms with Gasteiger partial charge < -0.3 is 10.2 Å². The molecule has 0 spiro atoms. The quantitative estimate of drug-likeness (QED) is 0.653. The van der Waals surface area contributed by atoms with E-state index in [1.165, 1.54) is 29.9 Å². The van der Waals surface area contributed by atoms with Crippen LogP contribution < -0.4 is 15.8 Å². The van der Waals surface area contributed by atoms with Crippen LogP contribution in [0.15, 0.2) is 35.4 Å². The van der Waals surface area contributed by atoms with E-state index in [9.17, 15) is 9.59 Å². The first-order valence-corrected chi connectivity index (χ1v) is 11.0. The lowest BCUT2D eigenvalue weighted by Gasteiger charge is -2.17. The second kappa shape index (κ2) is 8.37. The van der Waals surface area contributed by atoms with E-state index in [1.807, 2.05) is 31.2 Å². The van der Waals surface area contributed by atoms with Crippen molar-refractivity contribution in [1.29, 1.82) is 0 Å². The van der Waals surface area contributed by atoms with E-state index in [-0.39, 0.29) is 11.5 Å². The third-order valence-corrected chi connectivity index (χ3v) is 6.67. The Kier molecular flexibility index (Phi) is 5.67. The molecular weight excluding hydrogens is 384 g/mol. The van der Waals surface area contributed by atoms with E-state index in [1.54, 1.807) is 10.9 Å². The van der Waals surface area contributed by atoms with Gasteiger partial charge in [0, 0.05) is 31.0 Å². The number of aromatic nitrogens is 2. The minimum absolute atomic E-state index is 0.0637. The summed E-state index contributed by atoms with van der Waals surface area (Å²) < 4.78 is 1.64. The topological polar surface area (TPSA) is 67.2 Å². The van der Waals surface area contributed by atoms with Crippen molar-refractivity contribution >= 4 is 38.8 Å². The van der Waals surface area contributed by atoms with Crippen molar-refractivity contribution in [2.24, 2.45) is 0 Å². The van der Waals surface area contributed by atoms with Crippen LogP contribution in [0.3, 0.4) is 0 Å². The molecule has 4 rings (SSSR count). The van der Waals surface area contributed by atoms with Crippen LogP contribution in [0.5, 0.6) is 0 Å². The monoisotopic (exact) mass is 410 g/mol. The molecule has 0 aliphatic carbocycles. The van der Waals surface area contributed by atoms with Crippen LogP contribution in [-0.2, 0) is 6.54 Å². The first kappa shape index (κ1) is 19.6. The van der Waals surface area contributed by atoms with Gasteiger partial charge in [0.15, 0.2) is 0 Å². The Morgan fingerprint density at radius 1 is 1.21 bits per heavy atom. The Labute approximate surface area is 174 Å². The number of fused-ring (bicyclic) bond motifs is 1. The third-order valence-electron chi connectivity index (χ3n) is 5.47. The first-order chi connectivity index (χ1) is 14.1. The molecule has 0 radical (unpaired) electrons. The molecule has 152 valence electrons. The number of hydrogen-bond donors (Lipinski definition) is 1. The molecule has 7 heteroatoms. The Bertz CT molecular complexity index is 1080. The fraction of sp³-hybridized carbons (Fsp3) is 0.409. The second-order valence-corrected chi connectivity index (χ2v) is 8.53.